The molecule has 1 aliphatic heterocycles. The van der Waals surface area contributed by atoms with Crippen molar-refractivity contribution in [3.8, 4) is 0 Å². The van der Waals surface area contributed by atoms with E-state index in [9.17, 15) is 14.7 Å². The van der Waals surface area contributed by atoms with Gasteiger partial charge in [0.05, 0.1) is 23.4 Å². The summed E-state index contributed by atoms with van der Waals surface area (Å²) in [5, 5.41) is 13.6. The van der Waals surface area contributed by atoms with Crippen LogP contribution in [0.2, 0.25) is 10.0 Å². The lowest BCUT2D eigenvalue weighted by Gasteiger charge is -2.20. The summed E-state index contributed by atoms with van der Waals surface area (Å²) in [5.41, 5.74) is -1.59. The Labute approximate surface area is 129 Å². The van der Waals surface area contributed by atoms with Crippen molar-refractivity contribution in [2.24, 2.45) is 0 Å². The first kappa shape index (κ1) is 14.1. The SMILES string of the molecule is O=C(C[C@@]1(O)C(=O)Nc2cc(Cl)cc(Cl)c21)c1ccco1. The fraction of sp³-hybridized carbons (Fsp3) is 0.143. The molecular formula is C14H9Cl2NO4. The molecule has 21 heavy (non-hydrogen) atoms. The van der Waals surface area contributed by atoms with Crippen molar-refractivity contribution < 1.29 is 19.1 Å². The summed E-state index contributed by atoms with van der Waals surface area (Å²) in [5.74, 6) is -1.16. The molecule has 0 saturated carbocycles. The first-order chi connectivity index (χ1) is 9.91. The van der Waals surface area contributed by atoms with Crippen LogP contribution in [0.1, 0.15) is 22.5 Å². The number of anilines is 1. The van der Waals surface area contributed by atoms with Gasteiger partial charge < -0.3 is 14.8 Å². The van der Waals surface area contributed by atoms with Crippen LogP contribution in [-0.4, -0.2) is 16.8 Å². The average Bonchev–Trinajstić information content (AvgIpc) is 2.97. The maximum atomic E-state index is 12.1. The van der Waals surface area contributed by atoms with Crippen molar-refractivity contribution in [3.63, 3.8) is 0 Å². The van der Waals surface area contributed by atoms with Gasteiger partial charge in [0, 0.05) is 10.6 Å². The summed E-state index contributed by atoms with van der Waals surface area (Å²) in [6, 6.07) is 5.89. The molecule has 0 bridgehead atoms. The summed E-state index contributed by atoms with van der Waals surface area (Å²) in [6.07, 6.45) is 0.868. The Kier molecular flexibility index (Phi) is 3.28. The number of amides is 1. The van der Waals surface area contributed by atoms with Gasteiger partial charge in [-0.25, -0.2) is 0 Å². The summed E-state index contributed by atoms with van der Waals surface area (Å²) in [7, 11) is 0. The van der Waals surface area contributed by atoms with Crippen LogP contribution in [-0.2, 0) is 10.4 Å². The van der Waals surface area contributed by atoms with Crippen LogP contribution in [0.5, 0.6) is 0 Å². The fourth-order valence-electron chi connectivity index (χ4n) is 2.36. The summed E-state index contributed by atoms with van der Waals surface area (Å²) >= 11 is 11.9. The molecule has 5 nitrogen and oxygen atoms in total. The number of hydrogen-bond acceptors (Lipinski definition) is 4. The van der Waals surface area contributed by atoms with Crippen LogP contribution in [0.25, 0.3) is 0 Å². The van der Waals surface area contributed by atoms with E-state index in [1.807, 2.05) is 0 Å². The number of halogens is 2. The van der Waals surface area contributed by atoms with Crippen LogP contribution < -0.4 is 5.32 Å². The van der Waals surface area contributed by atoms with Gasteiger partial charge in [0.25, 0.3) is 5.91 Å². The second-order valence-corrected chi connectivity index (χ2v) is 5.55. The highest BCUT2D eigenvalue weighted by atomic mass is 35.5. The number of aliphatic hydroxyl groups is 1. The largest absolute Gasteiger partial charge is 0.461 e. The van der Waals surface area contributed by atoms with Crippen molar-refractivity contribution in [3.05, 3.63) is 51.9 Å². The maximum Gasteiger partial charge on any atom is 0.261 e. The highest BCUT2D eigenvalue weighted by molar-refractivity contribution is 6.36. The molecule has 1 atom stereocenters. The number of ketones is 1. The molecule has 0 aliphatic carbocycles. The Hall–Kier alpha value is -1.82. The predicted octanol–water partition coefficient (Wildman–Crippen LogP) is 3.00. The minimum atomic E-state index is -2.04. The zero-order valence-corrected chi connectivity index (χ0v) is 12.0. The smallest absolute Gasteiger partial charge is 0.261 e. The van der Waals surface area contributed by atoms with E-state index in [1.54, 1.807) is 6.07 Å². The lowest BCUT2D eigenvalue weighted by molar-refractivity contribution is -0.133. The third-order valence-electron chi connectivity index (χ3n) is 3.30. The number of fused-ring (bicyclic) bond motifs is 1. The van der Waals surface area contributed by atoms with E-state index in [0.717, 1.165) is 0 Å². The summed E-state index contributed by atoms with van der Waals surface area (Å²) < 4.78 is 4.98. The molecule has 3 rings (SSSR count). The molecule has 0 radical (unpaired) electrons. The molecule has 0 saturated heterocycles. The van der Waals surface area contributed by atoms with Gasteiger partial charge in [0.15, 0.2) is 11.4 Å². The Bertz CT molecular complexity index is 742. The number of carbonyl (C=O) groups excluding carboxylic acids is 2. The molecule has 0 spiro atoms. The second-order valence-electron chi connectivity index (χ2n) is 4.70. The minimum Gasteiger partial charge on any atom is -0.461 e. The molecule has 2 heterocycles. The monoisotopic (exact) mass is 325 g/mol. The van der Waals surface area contributed by atoms with Crippen LogP contribution in [0.3, 0.4) is 0 Å². The number of furan rings is 1. The molecule has 0 unspecified atom stereocenters. The van der Waals surface area contributed by atoms with E-state index >= 15 is 0 Å². The van der Waals surface area contributed by atoms with Gasteiger partial charge in [0.2, 0.25) is 5.78 Å². The first-order valence-corrected chi connectivity index (χ1v) is 6.77. The molecule has 7 heteroatoms. The van der Waals surface area contributed by atoms with E-state index in [4.69, 9.17) is 27.6 Å². The van der Waals surface area contributed by atoms with Crippen molar-refractivity contribution in [1.82, 2.24) is 0 Å². The number of benzene rings is 1. The topological polar surface area (TPSA) is 79.5 Å². The number of nitrogens with one attached hydrogen (secondary N) is 1. The number of carbonyl (C=O) groups is 2. The fourth-order valence-corrected chi connectivity index (χ4v) is 3.01. The van der Waals surface area contributed by atoms with Gasteiger partial charge >= 0.3 is 0 Å². The van der Waals surface area contributed by atoms with E-state index in [1.165, 1.54) is 24.5 Å². The van der Waals surface area contributed by atoms with E-state index in [2.05, 4.69) is 5.32 Å². The van der Waals surface area contributed by atoms with Gasteiger partial charge in [-0.2, -0.15) is 0 Å². The summed E-state index contributed by atoms with van der Waals surface area (Å²) in [6.45, 7) is 0. The van der Waals surface area contributed by atoms with Crippen LogP contribution >= 0.6 is 23.2 Å². The van der Waals surface area contributed by atoms with Gasteiger partial charge in [-0.1, -0.05) is 23.2 Å². The Balaban J connectivity index is 2.03. The molecule has 108 valence electrons. The number of Topliss-reactive ketones (excluding diaryl/α,β-unsaturated/α-hetero) is 1. The third-order valence-corrected chi connectivity index (χ3v) is 3.82. The normalized spacial score (nSPS) is 20.2. The zero-order chi connectivity index (χ0) is 15.2. The number of rotatable bonds is 3. The van der Waals surface area contributed by atoms with Gasteiger partial charge in [-0.3, -0.25) is 9.59 Å². The van der Waals surface area contributed by atoms with Gasteiger partial charge in [-0.15, -0.1) is 0 Å². The highest BCUT2D eigenvalue weighted by Crippen LogP contribution is 2.44. The number of hydrogen-bond donors (Lipinski definition) is 2. The quantitative estimate of drug-likeness (QED) is 0.850. The molecular weight excluding hydrogens is 317 g/mol. The Morgan fingerprint density at radius 3 is 2.81 bits per heavy atom. The minimum absolute atomic E-state index is 0.0646. The maximum absolute atomic E-state index is 12.1. The van der Waals surface area contributed by atoms with Crippen molar-refractivity contribution in [2.75, 3.05) is 5.32 Å². The zero-order valence-electron chi connectivity index (χ0n) is 10.5. The van der Waals surface area contributed by atoms with E-state index < -0.39 is 23.7 Å². The molecule has 1 amide bonds. The highest BCUT2D eigenvalue weighted by Gasteiger charge is 2.48. The van der Waals surface area contributed by atoms with Gasteiger partial charge in [0.1, 0.15) is 0 Å². The Morgan fingerprint density at radius 2 is 2.14 bits per heavy atom. The van der Waals surface area contributed by atoms with Gasteiger partial charge in [-0.05, 0) is 24.3 Å². The molecule has 2 N–H and O–H groups in total. The van der Waals surface area contributed by atoms with Crippen molar-refractivity contribution >= 4 is 40.6 Å². The van der Waals surface area contributed by atoms with Crippen molar-refractivity contribution in [2.45, 2.75) is 12.0 Å². The molecule has 2 aromatic rings. The first-order valence-electron chi connectivity index (χ1n) is 6.02. The predicted molar refractivity (Wildman–Crippen MR) is 76.6 cm³/mol. The third kappa shape index (κ3) is 2.23. The van der Waals surface area contributed by atoms with Crippen LogP contribution in [0.15, 0.2) is 34.9 Å². The standard InChI is InChI=1S/C14H9Cl2NO4/c15-7-4-8(16)12-9(5-7)17-13(19)14(12,20)6-10(18)11-2-1-3-21-11/h1-5,20H,6H2,(H,17,19)/t14-/m0/s1. The van der Waals surface area contributed by atoms with Crippen LogP contribution in [0.4, 0.5) is 5.69 Å². The second kappa shape index (κ2) is 4.87. The lowest BCUT2D eigenvalue weighted by Crippen LogP contribution is -2.36. The lowest BCUT2D eigenvalue weighted by atomic mass is 9.89. The average molecular weight is 326 g/mol. The summed E-state index contributed by atoms with van der Waals surface area (Å²) in [4.78, 5) is 24.2. The molecule has 0 fully saturated rings. The van der Waals surface area contributed by atoms with Crippen LogP contribution in [0, 0.1) is 0 Å². The van der Waals surface area contributed by atoms with E-state index in [0.29, 0.717) is 10.7 Å². The van der Waals surface area contributed by atoms with E-state index in [-0.39, 0.29) is 16.3 Å². The van der Waals surface area contributed by atoms with Crippen molar-refractivity contribution in [1.29, 1.82) is 0 Å². The molecule has 1 aromatic carbocycles. The molecule has 1 aliphatic rings. The Morgan fingerprint density at radius 1 is 1.38 bits per heavy atom. The molecule has 1 aromatic heterocycles.